The maximum absolute atomic E-state index is 10.9. The molecule has 0 aliphatic carbocycles. The minimum absolute atomic E-state index is 0.0157. The smallest absolute Gasteiger partial charge is 0.407 e. The van der Waals surface area contributed by atoms with E-state index in [0.717, 1.165) is 0 Å². The second-order valence-electron chi connectivity index (χ2n) is 3.16. The van der Waals surface area contributed by atoms with Gasteiger partial charge in [0.2, 0.25) is 0 Å². The summed E-state index contributed by atoms with van der Waals surface area (Å²) < 4.78 is 0. The molecule has 1 heterocycles. The Hall–Kier alpha value is -2.77. The van der Waals surface area contributed by atoms with E-state index < -0.39 is 27.1 Å². The Labute approximate surface area is 93.4 Å². The number of hydrogen-bond donors (Lipinski definition) is 1. The fraction of sp³-hybridized carbons (Fsp3) is 0. The molecule has 0 aliphatic rings. The number of nitrogens with zero attached hydrogens (tertiary/aromatic N) is 3. The Kier molecular flexibility index (Phi) is 2.32. The van der Waals surface area contributed by atoms with E-state index in [0.29, 0.717) is 0 Å². The van der Waals surface area contributed by atoms with Crippen molar-refractivity contribution in [1.29, 1.82) is 0 Å². The zero-order valence-electron chi connectivity index (χ0n) is 8.23. The zero-order chi connectivity index (χ0) is 12.6. The maximum Gasteiger partial charge on any atom is 0.407 e. The molecular formula is C9H5N3O5. The fourth-order valence-electron chi connectivity index (χ4n) is 1.52. The molecule has 0 bridgehead atoms. The molecule has 0 radical (unpaired) electrons. The van der Waals surface area contributed by atoms with Gasteiger partial charge in [0.1, 0.15) is 0 Å². The van der Waals surface area contributed by atoms with Gasteiger partial charge in [-0.3, -0.25) is 20.2 Å². The molecule has 0 fully saturated rings. The standard InChI is InChI=1S/C9H5N3O5/c13-9-8(12(16)17)7(11(14)15)5-3-1-2-4-6(5)10-9/h1-4H,(H,10,13). The van der Waals surface area contributed by atoms with E-state index in [1.807, 2.05) is 0 Å². The molecule has 86 valence electrons. The van der Waals surface area contributed by atoms with Crippen LogP contribution in [-0.2, 0) is 0 Å². The van der Waals surface area contributed by atoms with E-state index in [1.54, 1.807) is 6.07 Å². The van der Waals surface area contributed by atoms with Crippen molar-refractivity contribution in [1.82, 2.24) is 4.98 Å². The fourth-order valence-corrected chi connectivity index (χ4v) is 1.52. The highest BCUT2D eigenvalue weighted by molar-refractivity contribution is 5.93. The van der Waals surface area contributed by atoms with E-state index in [1.165, 1.54) is 18.2 Å². The summed E-state index contributed by atoms with van der Waals surface area (Å²) in [7, 11) is 0. The number of benzene rings is 1. The van der Waals surface area contributed by atoms with E-state index in [4.69, 9.17) is 0 Å². The van der Waals surface area contributed by atoms with Crippen LogP contribution in [0.3, 0.4) is 0 Å². The van der Waals surface area contributed by atoms with Gasteiger partial charge in [0.05, 0.1) is 20.7 Å². The number of para-hydroxylation sites is 1. The van der Waals surface area contributed by atoms with Crippen molar-refractivity contribution in [3.8, 4) is 5.88 Å². The van der Waals surface area contributed by atoms with Gasteiger partial charge >= 0.3 is 11.4 Å². The van der Waals surface area contributed by atoms with Crippen molar-refractivity contribution in [2.24, 2.45) is 0 Å². The largest absolute Gasteiger partial charge is 0.488 e. The van der Waals surface area contributed by atoms with Crippen LogP contribution in [-0.4, -0.2) is 19.9 Å². The van der Waals surface area contributed by atoms with Crippen molar-refractivity contribution in [2.45, 2.75) is 0 Å². The summed E-state index contributed by atoms with van der Waals surface area (Å²) in [5.41, 5.74) is -1.62. The van der Waals surface area contributed by atoms with E-state index in [9.17, 15) is 25.3 Å². The van der Waals surface area contributed by atoms with Crippen LogP contribution in [0.2, 0.25) is 0 Å². The molecule has 1 aromatic heterocycles. The lowest BCUT2D eigenvalue weighted by Gasteiger charge is -2.01. The second-order valence-corrected chi connectivity index (χ2v) is 3.16. The van der Waals surface area contributed by atoms with Gasteiger partial charge in [0.15, 0.2) is 0 Å². The summed E-state index contributed by atoms with van der Waals surface area (Å²) in [4.78, 5) is 23.2. The van der Waals surface area contributed by atoms with Crippen LogP contribution in [0.4, 0.5) is 11.4 Å². The minimum atomic E-state index is -1.02. The van der Waals surface area contributed by atoms with E-state index in [2.05, 4.69) is 4.98 Å². The number of rotatable bonds is 2. The van der Waals surface area contributed by atoms with E-state index >= 15 is 0 Å². The Morgan fingerprint density at radius 1 is 1.06 bits per heavy atom. The highest BCUT2D eigenvalue weighted by atomic mass is 16.6. The number of nitro groups is 2. The average molecular weight is 235 g/mol. The third-order valence-corrected chi connectivity index (χ3v) is 2.19. The van der Waals surface area contributed by atoms with Crippen LogP contribution in [0.5, 0.6) is 5.88 Å². The number of pyridine rings is 1. The Morgan fingerprint density at radius 2 is 1.65 bits per heavy atom. The van der Waals surface area contributed by atoms with E-state index in [-0.39, 0.29) is 10.9 Å². The third kappa shape index (κ3) is 1.61. The number of aromatic hydroxyl groups is 1. The summed E-state index contributed by atoms with van der Waals surface area (Å²) >= 11 is 0. The molecule has 8 nitrogen and oxygen atoms in total. The highest BCUT2D eigenvalue weighted by Crippen LogP contribution is 2.39. The lowest BCUT2D eigenvalue weighted by atomic mass is 10.1. The molecule has 0 amide bonds. The Balaban J connectivity index is 2.99. The maximum atomic E-state index is 10.9. The molecule has 0 aliphatic heterocycles. The van der Waals surface area contributed by atoms with Gasteiger partial charge < -0.3 is 5.11 Å². The van der Waals surface area contributed by atoms with Crippen molar-refractivity contribution in [3.05, 3.63) is 44.5 Å². The third-order valence-electron chi connectivity index (χ3n) is 2.19. The molecule has 0 spiro atoms. The van der Waals surface area contributed by atoms with Gasteiger partial charge in [-0.15, -0.1) is 0 Å². The van der Waals surface area contributed by atoms with Crippen LogP contribution in [0.15, 0.2) is 24.3 Å². The van der Waals surface area contributed by atoms with Crippen LogP contribution in [0.25, 0.3) is 10.9 Å². The first kappa shape index (κ1) is 10.7. The first-order chi connectivity index (χ1) is 8.02. The molecule has 8 heteroatoms. The second kappa shape index (κ2) is 3.67. The van der Waals surface area contributed by atoms with Crippen LogP contribution in [0, 0.1) is 20.2 Å². The van der Waals surface area contributed by atoms with Gasteiger partial charge in [-0.2, -0.15) is 0 Å². The van der Waals surface area contributed by atoms with Crippen molar-refractivity contribution in [3.63, 3.8) is 0 Å². The minimum Gasteiger partial charge on any atom is -0.488 e. The Morgan fingerprint density at radius 3 is 2.24 bits per heavy atom. The molecule has 0 unspecified atom stereocenters. The highest BCUT2D eigenvalue weighted by Gasteiger charge is 2.33. The summed E-state index contributed by atoms with van der Waals surface area (Å²) in [5.74, 6) is -0.958. The normalized spacial score (nSPS) is 10.4. The lowest BCUT2D eigenvalue weighted by Crippen LogP contribution is -1.99. The lowest BCUT2D eigenvalue weighted by molar-refractivity contribution is -0.422. The first-order valence-corrected chi connectivity index (χ1v) is 4.43. The average Bonchev–Trinajstić information content (AvgIpc) is 2.26. The van der Waals surface area contributed by atoms with Crippen molar-refractivity contribution >= 4 is 22.3 Å². The molecular weight excluding hydrogens is 230 g/mol. The van der Waals surface area contributed by atoms with Gasteiger partial charge in [-0.25, -0.2) is 4.98 Å². The molecule has 0 atom stereocenters. The van der Waals surface area contributed by atoms with Crippen molar-refractivity contribution < 1.29 is 15.0 Å². The molecule has 2 rings (SSSR count). The topological polar surface area (TPSA) is 119 Å². The van der Waals surface area contributed by atoms with Crippen LogP contribution < -0.4 is 0 Å². The quantitative estimate of drug-likeness (QED) is 0.625. The van der Waals surface area contributed by atoms with Gasteiger partial charge in [0.25, 0.3) is 5.88 Å². The Bertz CT molecular complexity index is 640. The zero-order valence-corrected chi connectivity index (χ0v) is 8.23. The first-order valence-electron chi connectivity index (χ1n) is 4.43. The number of aromatic nitrogens is 1. The summed E-state index contributed by atoms with van der Waals surface area (Å²) in [6.45, 7) is 0. The molecule has 17 heavy (non-hydrogen) atoms. The summed E-state index contributed by atoms with van der Waals surface area (Å²) in [6.07, 6.45) is 0. The van der Waals surface area contributed by atoms with Crippen LogP contribution >= 0.6 is 0 Å². The SMILES string of the molecule is O=[N+]([O-])c1c(O)nc2ccccc2c1[N+](=O)[O-]. The van der Waals surface area contributed by atoms with Gasteiger partial charge in [0, 0.05) is 0 Å². The van der Waals surface area contributed by atoms with Gasteiger partial charge in [-0.05, 0) is 12.1 Å². The molecule has 1 aromatic carbocycles. The van der Waals surface area contributed by atoms with Crippen LogP contribution in [0.1, 0.15) is 0 Å². The predicted molar refractivity (Wildman–Crippen MR) is 56.7 cm³/mol. The molecule has 0 saturated carbocycles. The van der Waals surface area contributed by atoms with Crippen molar-refractivity contribution in [2.75, 3.05) is 0 Å². The monoisotopic (exact) mass is 235 g/mol. The number of fused-ring (bicyclic) bond motifs is 1. The molecule has 2 aromatic rings. The predicted octanol–water partition coefficient (Wildman–Crippen LogP) is 1.76. The number of hydrogen-bond acceptors (Lipinski definition) is 6. The summed E-state index contributed by atoms with van der Waals surface area (Å²) in [5, 5.41) is 30.9. The molecule has 1 N–H and O–H groups in total. The van der Waals surface area contributed by atoms with Gasteiger partial charge in [-0.1, -0.05) is 12.1 Å². The molecule has 0 saturated heterocycles. The summed E-state index contributed by atoms with van der Waals surface area (Å²) in [6, 6.07) is 5.82.